The molecule has 14 heavy (non-hydrogen) atoms. The van der Waals surface area contributed by atoms with Crippen LogP contribution in [0.4, 0.5) is 0 Å². The second-order valence-electron chi connectivity index (χ2n) is 3.63. The average Bonchev–Trinajstić information content (AvgIpc) is 2.53. The number of thiazole rings is 1. The van der Waals surface area contributed by atoms with Crippen LogP contribution >= 0.6 is 11.3 Å². The maximum Gasteiger partial charge on any atom is 0.0898 e. The first-order valence-corrected chi connectivity index (χ1v) is 5.75. The van der Waals surface area contributed by atoms with E-state index >= 15 is 0 Å². The Bertz CT molecular complexity index is 304. The number of nitrogens with zero attached hydrogens (tertiary/aromatic N) is 1. The van der Waals surface area contributed by atoms with Gasteiger partial charge in [-0.2, -0.15) is 0 Å². The molecule has 0 aliphatic carbocycles. The second-order valence-corrected chi connectivity index (χ2v) is 4.69. The summed E-state index contributed by atoms with van der Waals surface area (Å²) in [6, 6.07) is 0.372. The van der Waals surface area contributed by atoms with Crippen molar-refractivity contribution in [3.8, 4) is 0 Å². The summed E-state index contributed by atoms with van der Waals surface area (Å²) >= 11 is 1.71. The molecule has 0 saturated heterocycles. The minimum atomic E-state index is 0.372. The van der Waals surface area contributed by atoms with Gasteiger partial charge < -0.3 is 5.32 Å². The lowest BCUT2D eigenvalue weighted by molar-refractivity contribution is 0.537. The van der Waals surface area contributed by atoms with Gasteiger partial charge >= 0.3 is 0 Å². The van der Waals surface area contributed by atoms with Gasteiger partial charge in [-0.15, -0.1) is 17.9 Å². The van der Waals surface area contributed by atoms with Gasteiger partial charge in [0.2, 0.25) is 0 Å². The summed E-state index contributed by atoms with van der Waals surface area (Å²) in [7, 11) is 1.98. The first-order valence-electron chi connectivity index (χ1n) is 4.87. The predicted octanol–water partition coefficient (Wildman–Crippen LogP) is 3.07. The van der Waals surface area contributed by atoms with Crippen LogP contribution in [0.1, 0.15) is 36.5 Å². The van der Waals surface area contributed by atoms with E-state index in [9.17, 15) is 0 Å². The third-order valence-corrected chi connectivity index (χ3v) is 2.99. The Labute approximate surface area is 90.1 Å². The van der Waals surface area contributed by atoms with Gasteiger partial charge in [0.05, 0.1) is 16.7 Å². The molecular formula is C11H18N2S. The van der Waals surface area contributed by atoms with Crippen LogP contribution < -0.4 is 5.32 Å². The molecule has 0 radical (unpaired) electrons. The van der Waals surface area contributed by atoms with Gasteiger partial charge in [0.1, 0.15) is 0 Å². The Morgan fingerprint density at radius 3 is 2.86 bits per heavy atom. The molecule has 0 aliphatic rings. The molecule has 3 heteroatoms. The predicted molar refractivity (Wildman–Crippen MR) is 62.7 cm³/mol. The lowest BCUT2D eigenvalue weighted by Crippen LogP contribution is -2.16. The fourth-order valence-electron chi connectivity index (χ4n) is 1.37. The molecule has 0 aliphatic heterocycles. The monoisotopic (exact) mass is 210 g/mol. The van der Waals surface area contributed by atoms with E-state index in [4.69, 9.17) is 0 Å². The zero-order valence-electron chi connectivity index (χ0n) is 9.13. The topological polar surface area (TPSA) is 24.9 Å². The lowest BCUT2D eigenvalue weighted by Gasteiger charge is -2.13. The summed E-state index contributed by atoms with van der Waals surface area (Å²) in [6.07, 6.45) is 2.14. The highest BCUT2D eigenvalue weighted by molar-refractivity contribution is 7.09. The van der Waals surface area contributed by atoms with Gasteiger partial charge in [0, 0.05) is 5.38 Å². The third kappa shape index (κ3) is 3.24. The van der Waals surface area contributed by atoms with E-state index < -0.39 is 0 Å². The summed E-state index contributed by atoms with van der Waals surface area (Å²) in [5, 5.41) is 6.56. The smallest absolute Gasteiger partial charge is 0.0898 e. The van der Waals surface area contributed by atoms with Gasteiger partial charge in [0.15, 0.2) is 0 Å². The normalized spacial score (nSPS) is 12.8. The molecule has 1 unspecified atom stereocenters. The summed E-state index contributed by atoms with van der Waals surface area (Å²) in [4.78, 5) is 4.49. The molecule has 78 valence electrons. The Balaban J connectivity index is 2.58. The van der Waals surface area contributed by atoms with Crippen molar-refractivity contribution in [3.63, 3.8) is 0 Å². The van der Waals surface area contributed by atoms with E-state index in [0.29, 0.717) is 6.04 Å². The number of aromatic nitrogens is 1. The molecule has 0 saturated carbocycles. The molecule has 0 fully saturated rings. The lowest BCUT2D eigenvalue weighted by atomic mass is 10.1. The molecular weight excluding hydrogens is 192 g/mol. The maximum atomic E-state index is 4.49. The Morgan fingerprint density at radius 2 is 2.43 bits per heavy atom. The van der Waals surface area contributed by atoms with E-state index in [2.05, 4.69) is 29.2 Å². The first kappa shape index (κ1) is 11.4. The van der Waals surface area contributed by atoms with Crippen LogP contribution in [0.3, 0.4) is 0 Å². The quantitative estimate of drug-likeness (QED) is 0.755. The van der Waals surface area contributed by atoms with Crippen LogP contribution in [0.2, 0.25) is 0 Å². The Morgan fingerprint density at radius 1 is 1.71 bits per heavy atom. The largest absolute Gasteiger partial charge is 0.312 e. The molecule has 0 aromatic carbocycles. The summed E-state index contributed by atoms with van der Waals surface area (Å²) in [5.74, 6) is 0. The zero-order chi connectivity index (χ0) is 10.6. The number of allylic oxidation sites excluding steroid dienone is 1. The van der Waals surface area contributed by atoms with Crippen LogP contribution in [0.5, 0.6) is 0 Å². The highest BCUT2D eigenvalue weighted by Gasteiger charge is 2.11. The van der Waals surface area contributed by atoms with Crippen molar-refractivity contribution >= 4 is 11.3 Å². The minimum absolute atomic E-state index is 0.372. The number of hydrogen-bond donors (Lipinski definition) is 1. The molecule has 1 rings (SSSR count). The van der Waals surface area contributed by atoms with Crippen LogP contribution in [-0.4, -0.2) is 12.0 Å². The van der Waals surface area contributed by atoms with Crippen molar-refractivity contribution in [3.05, 3.63) is 28.2 Å². The van der Waals surface area contributed by atoms with Crippen LogP contribution in [0.25, 0.3) is 0 Å². The summed E-state index contributed by atoms with van der Waals surface area (Å²) in [5.41, 5.74) is 2.40. The number of rotatable bonds is 5. The molecule has 1 aromatic heterocycles. The summed E-state index contributed by atoms with van der Waals surface area (Å²) in [6.45, 7) is 8.02. The van der Waals surface area contributed by atoms with E-state index in [1.54, 1.807) is 11.3 Å². The van der Waals surface area contributed by atoms with Gasteiger partial charge in [-0.05, 0) is 33.7 Å². The maximum absolute atomic E-state index is 4.49. The molecule has 2 nitrogen and oxygen atoms in total. The van der Waals surface area contributed by atoms with Gasteiger partial charge in [-0.3, -0.25) is 0 Å². The Hall–Kier alpha value is -0.670. The standard InChI is InChI=1S/C11H18N2S/c1-8(2)5-6-10(12-4)11-7-14-9(3)13-11/h7,10,12H,1,5-6H2,2-4H3. The van der Waals surface area contributed by atoms with Crippen molar-refractivity contribution in [1.82, 2.24) is 10.3 Å². The van der Waals surface area contributed by atoms with E-state index in [-0.39, 0.29) is 0 Å². The number of aryl methyl sites for hydroxylation is 1. The van der Waals surface area contributed by atoms with Gasteiger partial charge in [-0.25, -0.2) is 4.98 Å². The molecule has 1 N–H and O–H groups in total. The SMILES string of the molecule is C=C(C)CCC(NC)c1csc(C)n1. The van der Waals surface area contributed by atoms with Crippen molar-refractivity contribution < 1.29 is 0 Å². The molecule has 1 atom stereocenters. The number of nitrogens with one attached hydrogen (secondary N) is 1. The highest BCUT2D eigenvalue weighted by atomic mass is 32.1. The average molecular weight is 210 g/mol. The molecule has 0 spiro atoms. The fraction of sp³-hybridized carbons (Fsp3) is 0.545. The van der Waals surface area contributed by atoms with E-state index in [1.807, 2.05) is 14.0 Å². The van der Waals surface area contributed by atoms with Crippen LogP contribution in [0, 0.1) is 6.92 Å². The zero-order valence-corrected chi connectivity index (χ0v) is 9.95. The van der Waals surface area contributed by atoms with Crippen molar-refractivity contribution in [2.75, 3.05) is 7.05 Å². The highest BCUT2D eigenvalue weighted by Crippen LogP contribution is 2.21. The van der Waals surface area contributed by atoms with Crippen molar-refractivity contribution in [2.24, 2.45) is 0 Å². The first-order chi connectivity index (χ1) is 6.63. The van der Waals surface area contributed by atoms with Crippen molar-refractivity contribution in [1.29, 1.82) is 0 Å². The Kier molecular flexibility index (Phi) is 4.29. The molecule has 0 bridgehead atoms. The second kappa shape index (κ2) is 5.27. The molecule has 1 heterocycles. The summed E-state index contributed by atoms with van der Waals surface area (Å²) < 4.78 is 0. The van der Waals surface area contributed by atoms with Crippen LogP contribution in [-0.2, 0) is 0 Å². The third-order valence-electron chi connectivity index (χ3n) is 2.20. The molecule has 0 amide bonds. The van der Waals surface area contributed by atoms with E-state index in [1.165, 1.54) is 5.57 Å². The minimum Gasteiger partial charge on any atom is -0.312 e. The number of hydrogen-bond acceptors (Lipinski definition) is 3. The van der Waals surface area contributed by atoms with Gasteiger partial charge in [-0.1, -0.05) is 5.57 Å². The van der Waals surface area contributed by atoms with Crippen molar-refractivity contribution in [2.45, 2.75) is 32.7 Å². The van der Waals surface area contributed by atoms with Crippen LogP contribution in [0.15, 0.2) is 17.5 Å². The fourth-order valence-corrected chi connectivity index (χ4v) is 2.04. The molecule has 1 aromatic rings. The van der Waals surface area contributed by atoms with E-state index in [0.717, 1.165) is 23.5 Å². The van der Waals surface area contributed by atoms with Gasteiger partial charge in [0.25, 0.3) is 0 Å².